The van der Waals surface area contributed by atoms with E-state index in [1.807, 2.05) is 0 Å². The Morgan fingerprint density at radius 2 is 2.38 bits per heavy atom. The molecule has 0 bridgehead atoms. The van der Waals surface area contributed by atoms with Gasteiger partial charge in [0.2, 0.25) is 0 Å². The summed E-state index contributed by atoms with van der Waals surface area (Å²) in [5, 5.41) is 8.88. The van der Waals surface area contributed by atoms with Crippen molar-refractivity contribution in [1.29, 1.82) is 0 Å². The van der Waals surface area contributed by atoms with E-state index in [-0.39, 0.29) is 12.3 Å². The first kappa shape index (κ1) is 13.4. The zero-order valence-corrected chi connectivity index (χ0v) is 9.78. The topological polar surface area (TPSA) is 81.8 Å². The first-order chi connectivity index (χ1) is 7.64. The molecule has 0 aliphatic carbocycles. The van der Waals surface area contributed by atoms with Crippen LogP contribution in [0.15, 0.2) is 0 Å². The molecule has 2 atom stereocenters. The molecule has 0 aromatic carbocycles. The lowest BCUT2D eigenvalue weighted by Crippen LogP contribution is -2.50. The van der Waals surface area contributed by atoms with Gasteiger partial charge in [0, 0.05) is 19.6 Å². The monoisotopic (exact) mass is 231 g/mol. The van der Waals surface area contributed by atoms with E-state index in [2.05, 4.69) is 0 Å². The third-order valence-electron chi connectivity index (χ3n) is 3.22. The number of rotatable bonds is 6. The Labute approximate surface area is 95.9 Å². The Kier molecular flexibility index (Phi) is 5.18. The summed E-state index contributed by atoms with van der Waals surface area (Å²) >= 11 is 0. The number of hydrogen-bond acceptors (Lipinski definition) is 4. The van der Waals surface area contributed by atoms with Gasteiger partial charge < -0.3 is 20.3 Å². The zero-order chi connectivity index (χ0) is 12.0. The Bertz CT molecular complexity index is 221. The molecule has 16 heavy (non-hydrogen) atoms. The first-order valence-corrected chi connectivity index (χ1v) is 5.69. The Balaban J connectivity index is 2.74. The van der Waals surface area contributed by atoms with E-state index < -0.39 is 11.6 Å². The molecule has 0 radical (unpaired) electrons. The maximum Gasteiger partial charge on any atom is 0.303 e. The van der Waals surface area contributed by atoms with Crippen LogP contribution in [0.3, 0.4) is 0 Å². The standard InChI is InChI=1S/C11H21NO4/c1-15-8-11(4-2-3-5-16-11)9(7-12)6-10(13)14/h9H,2-8,12H2,1H3,(H,13,14). The van der Waals surface area contributed by atoms with E-state index >= 15 is 0 Å². The van der Waals surface area contributed by atoms with Crippen molar-refractivity contribution < 1.29 is 19.4 Å². The smallest absolute Gasteiger partial charge is 0.303 e. The van der Waals surface area contributed by atoms with Crippen LogP contribution in [-0.4, -0.2) is 43.5 Å². The molecule has 0 aromatic heterocycles. The van der Waals surface area contributed by atoms with Crippen LogP contribution in [0.2, 0.25) is 0 Å². The van der Waals surface area contributed by atoms with Crippen molar-refractivity contribution in [3.8, 4) is 0 Å². The molecule has 1 aliphatic rings. The van der Waals surface area contributed by atoms with Crippen molar-refractivity contribution in [3.05, 3.63) is 0 Å². The van der Waals surface area contributed by atoms with Gasteiger partial charge in [-0.25, -0.2) is 0 Å². The summed E-state index contributed by atoms with van der Waals surface area (Å²) < 4.78 is 11.0. The second kappa shape index (κ2) is 6.18. The predicted molar refractivity (Wildman–Crippen MR) is 59.2 cm³/mol. The number of carboxylic acids is 1. The van der Waals surface area contributed by atoms with Gasteiger partial charge in [0.15, 0.2) is 0 Å². The number of carbonyl (C=O) groups is 1. The number of hydrogen-bond donors (Lipinski definition) is 2. The van der Waals surface area contributed by atoms with E-state index in [9.17, 15) is 4.79 Å². The molecular formula is C11H21NO4. The van der Waals surface area contributed by atoms with Crippen molar-refractivity contribution in [2.24, 2.45) is 11.7 Å². The minimum Gasteiger partial charge on any atom is -0.481 e. The maximum atomic E-state index is 10.8. The number of aliphatic carboxylic acids is 1. The lowest BCUT2D eigenvalue weighted by atomic mass is 9.80. The molecule has 2 unspecified atom stereocenters. The van der Waals surface area contributed by atoms with Gasteiger partial charge >= 0.3 is 5.97 Å². The molecule has 1 heterocycles. The summed E-state index contributed by atoms with van der Waals surface area (Å²) in [5.74, 6) is -1.01. The molecule has 1 aliphatic heterocycles. The molecule has 1 saturated heterocycles. The molecule has 94 valence electrons. The summed E-state index contributed by atoms with van der Waals surface area (Å²) in [5.41, 5.74) is 5.17. The van der Waals surface area contributed by atoms with E-state index in [0.29, 0.717) is 19.8 Å². The first-order valence-electron chi connectivity index (χ1n) is 5.69. The molecule has 0 spiro atoms. The van der Waals surface area contributed by atoms with Gasteiger partial charge in [-0.2, -0.15) is 0 Å². The molecule has 0 aromatic rings. The average Bonchev–Trinajstić information content (AvgIpc) is 2.27. The second-order valence-electron chi connectivity index (χ2n) is 4.33. The number of ether oxygens (including phenoxy) is 2. The van der Waals surface area contributed by atoms with Crippen LogP contribution in [-0.2, 0) is 14.3 Å². The molecule has 1 rings (SSSR count). The van der Waals surface area contributed by atoms with Crippen LogP contribution in [0.25, 0.3) is 0 Å². The van der Waals surface area contributed by atoms with Crippen molar-refractivity contribution in [2.45, 2.75) is 31.3 Å². The second-order valence-corrected chi connectivity index (χ2v) is 4.33. The van der Waals surface area contributed by atoms with Gasteiger partial charge in [0.05, 0.1) is 18.6 Å². The van der Waals surface area contributed by atoms with Crippen molar-refractivity contribution in [3.63, 3.8) is 0 Å². The number of nitrogens with two attached hydrogens (primary N) is 1. The fourth-order valence-corrected chi connectivity index (χ4v) is 2.37. The third kappa shape index (κ3) is 3.17. The quantitative estimate of drug-likeness (QED) is 0.700. The highest BCUT2D eigenvalue weighted by atomic mass is 16.5. The van der Waals surface area contributed by atoms with Gasteiger partial charge in [0.25, 0.3) is 0 Å². The molecule has 5 nitrogen and oxygen atoms in total. The van der Waals surface area contributed by atoms with E-state index in [1.165, 1.54) is 0 Å². The van der Waals surface area contributed by atoms with Crippen LogP contribution in [0.5, 0.6) is 0 Å². The van der Waals surface area contributed by atoms with Crippen molar-refractivity contribution >= 4 is 5.97 Å². The summed E-state index contributed by atoms with van der Waals surface area (Å²) in [6.07, 6.45) is 2.94. The number of methoxy groups -OCH3 is 1. The molecule has 0 saturated carbocycles. The highest BCUT2D eigenvalue weighted by Gasteiger charge is 2.41. The molecular weight excluding hydrogens is 210 g/mol. The maximum absolute atomic E-state index is 10.8. The molecule has 3 N–H and O–H groups in total. The Hall–Kier alpha value is -0.650. The molecule has 0 amide bonds. The largest absolute Gasteiger partial charge is 0.481 e. The van der Waals surface area contributed by atoms with Gasteiger partial charge in [0.1, 0.15) is 0 Å². The number of carboxylic acid groups (broad SMARTS) is 1. The minimum absolute atomic E-state index is 0.0415. The lowest BCUT2D eigenvalue weighted by Gasteiger charge is -2.42. The SMILES string of the molecule is COCC1(C(CN)CC(=O)O)CCCCO1. The highest BCUT2D eigenvalue weighted by molar-refractivity contribution is 5.67. The van der Waals surface area contributed by atoms with Gasteiger partial charge in [-0.05, 0) is 25.8 Å². The van der Waals surface area contributed by atoms with Gasteiger partial charge in [-0.3, -0.25) is 4.79 Å². The molecule has 1 fully saturated rings. The zero-order valence-electron chi connectivity index (χ0n) is 9.78. The van der Waals surface area contributed by atoms with E-state index in [1.54, 1.807) is 7.11 Å². The fourth-order valence-electron chi connectivity index (χ4n) is 2.37. The van der Waals surface area contributed by atoms with E-state index in [4.69, 9.17) is 20.3 Å². The van der Waals surface area contributed by atoms with Crippen LogP contribution >= 0.6 is 0 Å². The fraction of sp³-hybridized carbons (Fsp3) is 0.909. The van der Waals surface area contributed by atoms with E-state index in [0.717, 1.165) is 19.3 Å². The summed E-state index contributed by atoms with van der Waals surface area (Å²) in [4.78, 5) is 10.8. The summed E-state index contributed by atoms with van der Waals surface area (Å²) in [6, 6.07) is 0. The summed E-state index contributed by atoms with van der Waals surface area (Å²) in [7, 11) is 1.61. The normalized spacial score (nSPS) is 27.6. The predicted octanol–water partition coefficient (Wildman–Crippen LogP) is 0.622. The van der Waals surface area contributed by atoms with Crippen molar-refractivity contribution in [1.82, 2.24) is 0 Å². The average molecular weight is 231 g/mol. The lowest BCUT2D eigenvalue weighted by molar-refractivity contribution is -0.160. The third-order valence-corrected chi connectivity index (χ3v) is 3.22. The Morgan fingerprint density at radius 3 is 2.81 bits per heavy atom. The van der Waals surface area contributed by atoms with Gasteiger partial charge in [-0.1, -0.05) is 0 Å². The summed E-state index contributed by atoms with van der Waals surface area (Å²) in [6.45, 7) is 1.40. The molecule has 5 heteroatoms. The van der Waals surface area contributed by atoms with Crippen LogP contribution in [0.4, 0.5) is 0 Å². The van der Waals surface area contributed by atoms with Gasteiger partial charge in [-0.15, -0.1) is 0 Å². The highest BCUT2D eigenvalue weighted by Crippen LogP contribution is 2.34. The minimum atomic E-state index is -0.833. The van der Waals surface area contributed by atoms with Crippen LogP contribution < -0.4 is 5.73 Å². The van der Waals surface area contributed by atoms with Crippen LogP contribution in [0, 0.1) is 5.92 Å². The van der Waals surface area contributed by atoms with Crippen LogP contribution in [0.1, 0.15) is 25.7 Å². The Morgan fingerprint density at radius 1 is 1.62 bits per heavy atom. The van der Waals surface area contributed by atoms with Crippen molar-refractivity contribution in [2.75, 3.05) is 26.9 Å².